The minimum absolute atomic E-state index is 0.204. The third-order valence-corrected chi connectivity index (χ3v) is 5.24. The number of halogens is 1. The molecule has 0 saturated carbocycles. The van der Waals surface area contributed by atoms with E-state index in [-0.39, 0.29) is 11.7 Å². The zero-order valence-electron chi connectivity index (χ0n) is 16.9. The average Bonchev–Trinajstić information content (AvgIpc) is 3.19. The first-order valence-electron chi connectivity index (χ1n) is 9.78. The van der Waals surface area contributed by atoms with E-state index in [1.807, 2.05) is 35.9 Å². The summed E-state index contributed by atoms with van der Waals surface area (Å²) in [5.41, 5.74) is 2.85. The van der Waals surface area contributed by atoms with Gasteiger partial charge in [-0.2, -0.15) is 0 Å². The molecule has 5 nitrogen and oxygen atoms in total. The van der Waals surface area contributed by atoms with Crippen LogP contribution < -0.4 is 5.32 Å². The second-order valence-electron chi connectivity index (χ2n) is 7.14. The molecular weight excluding hydrogens is 410 g/mol. The van der Waals surface area contributed by atoms with E-state index in [1.165, 1.54) is 0 Å². The van der Waals surface area contributed by atoms with Crippen molar-refractivity contribution < 1.29 is 9.59 Å². The fraction of sp³-hybridized carbons (Fsp3) is 0.0800. The van der Waals surface area contributed by atoms with Gasteiger partial charge in [0, 0.05) is 40.7 Å². The normalized spacial score (nSPS) is 10.6. The van der Waals surface area contributed by atoms with Crippen LogP contribution in [0.15, 0.2) is 85.2 Å². The molecule has 0 spiro atoms. The van der Waals surface area contributed by atoms with Crippen LogP contribution in [0.3, 0.4) is 0 Å². The number of carbonyl (C=O) groups is 2. The summed E-state index contributed by atoms with van der Waals surface area (Å²) in [5.74, 6) is 0.430. The van der Waals surface area contributed by atoms with Crippen molar-refractivity contribution in [3.63, 3.8) is 0 Å². The minimum Gasteiger partial charge on any atom is -0.331 e. The molecule has 0 aliphatic heterocycles. The third-order valence-electron chi connectivity index (χ3n) is 5.00. The van der Waals surface area contributed by atoms with Crippen molar-refractivity contribution in [1.82, 2.24) is 9.55 Å². The first-order valence-corrected chi connectivity index (χ1v) is 10.2. The van der Waals surface area contributed by atoms with E-state index in [1.54, 1.807) is 60.8 Å². The Morgan fingerprint density at radius 2 is 1.71 bits per heavy atom. The molecule has 0 aliphatic carbocycles. The maximum Gasteiger partial charge on any atom is 0.255 e. The Bertz CT molecular complexity index is 1230. The van der Waals surface area contributed by atoms with E-state index in [2.05, 4.69) is 10.3 Å². The highest BCUT2D eigenvalue weighted by Gasteiger charge is 2.17. The van der Waals surface area contributed by atoms with Crippen molar-refractivity contribution in [2.45, 2.75) is 13.5 Å². The molecule has 1 heterocycles. The van der Waals surface area contributed by atoms with Crippen LogP contribution in [0, 0.1) is 6.92 Å². The molecule has 0 unspecified atom stereocenters. The number of ketones is 1. The lowest BCUT2D eigenvalue weighted by atomic mass is 10.0. The molecule has 1 amide bonds. The molecule has 4 rings (SSSR count). The van der Waals surface area contributed by atoms with Crippen LogP contribution in [-0.2, 0) is 6.54 Å². The van der Waals surface area contributed by atoms with Crippen LogP contribution in [0.2, 0.25) is 5.02 Å². The smallest absolute Gasteiger partial charge is 0.255 e. The van der Waals surface area contributed by atoms with Crippen molar-refractivity contribution in [2.75, 3.05) is 5.32 Å². The van der Waals surface area contributed by atoms with Crippen molar-refractivity contribution in [3.8, 4) is 0 Å². The average molecular weight is 430 g/mol. The number of nitrogens with zero attached hydrogens (tertiary/aromatic N) is 2. The number of hydrogen-bond donors (Lipinski definition) is 1. The van der Waals surface area contributed by atoms with Gasteiger partial charge >= 0.3 is 0 Å². The molecule has 0 aliphatic rings. The van der Waals surface area contributed by atoms with Gasteiger partial charge in [-0.1, -0.05) is 54.1 Å². The second-order valence-corrected chi connectivity index (χ2v) is 7.57. The number of amides is 1. The van der Waals surface area contributed by atoms with Crippen molar-refractivity contribution in [2.24, 2.45) is 0 Å². The highest BCUT2D eigenvalue weighted by molar-refractivity contribution is 6.31. The van der Waals surface area contributed by atoms with Gasteiger partial charge in [0.1, 0.15) is 5.82 Å². The predicted molar refractivity (Wildman–Crippen MR) is 122 cm³/mol. The van der Waals surface area contributed by atoms with Crippen LogP contribution in [0.5, 0.6) is 0 Å². The van der Waals surface area contributed by atoms with Gasteiger partial charge < -0.3 is 9.88 Å². The lowest BCUT2D eigenvalue weighted by Gasteiger charge is -2.12. The molecule has 6 heteroatoms. The maximum absolute atomic E-state index is 12.9. The number of aryl methyl sites for hydroxylation is 1. The summed E-state index contributed by atoms with van der Waals surface area (Å²) >= 11 is 6.12. The summed E-state index contributed by atoms with van der Waals surface area (Å²) in [6.45, 7) is 2.63. The Labute approximate surface area is 185 Å². The molecule has 0 fully saturated rings. The number of imidazole rings is 1. The van der Waals surface area contributed by atoms with Crippen LogP contribution in [0.1, 0.15) is 37.7 Å². The van der Waals surface area contributed by atoms with Crippen molar-refractivity contribution in [1.29, 1.82) is 0 Å². The van der Waals surface area contributed by atoms with Gasteiger partial charge in [-0.15, -0.1) is 0 Å². The number of hydrogen-bond acceptors (Lipinski definition) is 3. The summed E-state index contributed by atoms with van der Waals surface area (Å²) in [5, 5.41) is 3.27. The summed E-state index contributed by atoms with van der Waals surface area (Å²) in [6.07, 6.45) is 3.68. The second kappa shape index (κ2) is 8.98. The van der Waals surface area contributed by atoms with Gasteiger partial charge in [-0.25, -0.2) is 4.98 Å². The number of nitrogens with one attached hydrogen (secondary N) is 1. The molecule has 3 aromatic carbocycles. The molecule has 0 saturated heterocycles. The molecule has 0 atom stereocenters. The highest BCUT2D eigenvalue weighted by Crippen LogP contribution is 2.24. The SMILES string of the molecule is Cc1nccn1Cc1ccc(C(=O)Nc2ccc(Cl)cc2C(=O)c2ccccc2)cc1. The van der Waals surface area contributed by atoms with Gasteiger partial charge in [0.25, 0.3) is 5.91 Å². The standard InChI is InChI=1S/C25H20ClN3O2/c1-17-27-13-14-29(17)16-18-7-9-20(10-8-18)25(31)28-23-12-11-21(26)15-22(23)24(30)19-5-3-2-4-6-19/h2-15H,16H2,1H3,(H,28,31). The number of carbonyl (C=O) groups excluding carboxylic acids is 2. The van der Waals surface area contributed by atoms with Crippen LogP contribution in [0.25, 0.3) is 0 Å². The Kier molecular flexibility index (Phi) is 5.96. The number of rotatable bonds is 6. The zero-order valence-corrected chi connectivity index (χ0v) is 17.6. The van der Waals surface area contributed by atoms with Crippen LogP contribution in [-0.4, -0.2) is 21.2 Å². The fourth-order valence-electron chi connectivity index (χ4n) is 3.28. The van der Waals surface area contributed by atoms with E-state index in [9.17, 15) is 9.59 Å². The first-order chi connectivity index (χ1) is 15.0. The van der Waals surface area contributed by atoms with E-state index in [0.29, 0.717) is 33.9 Å². The third kappa shape index (κ3) is 4.73. The molecule has 31 heavy (non-hydrogen) atoms. The Hall–Kier alpha value is -3.70. The highest BCUT2D eigenvalue weighted by atomic mass is 35.5. The largest absolute Gasteiger partial charge is 0.331 e. The maximum atomic E-state index is 12.9. The zero-order chi connectivity index (χ0) is 21.8. The molecular formula is C25H20ClN3O2. The van der Waals surface area contributed by atoms with Crippen LogP contribution >= 0.6 is 11.6 Å². The van der Waals surface area contributed by atoms with Gasteiger partial charge in [0.05, 0.1) is 5.69 Å². The van der Waals surface area contributed by atoms with Gasteiger partial charge in [0.2, 0.25) is 0 Å². The van der Waals surface area contributed by atoms with E-state index in [4.69, 9.17) is 11.6 Å². The minimum atomic E-state index is -0.296. The Balaban J connectivity index is 1.53. The lowest BCUT2D eigenvalue weighted by molar-refractivity contribution is 0.102. The van der Waals surface area contributed by atoms with Crippen molar-refractivity contribution >= 4 is 29.0 Å². The molecule has 4 aromatic rings. The van der Waals surface area contributed by atoms with Crippen LogP contribution in [0.4, 0.5) is 5.69 Å². The van der Waals surface area contributed by atoms with E-state index >= 15 is 0 Å². The monoisotopic (exact) mass is 429 g/mol. The summed E-state index contributed by atoms with van der Waals surface area (Å²) in [7, 11) is 0. The predicted octanol–water partition coefficient (Wildman–Crippen LogP) is 5.38. The van der Waals surface area contributed by atoms with E-state index < -0.39 is 0 Å². The number of aromatic nitrogens is 2. The molecule has 1 aromatic heterocycles. The quantitative estimate of drug-likeness (QED) is 0.419. The molecule has 154 valence electrons. The summed E-state index contributed by atoms with van der Waals surface area (Å²) < 4.78 is 2.03. The number of benzene rings is 3. The molecule has 1 N–H and O–H groups in total. The molecule has 0 radical (unpaired) electrons. The first kappa shape index (κ1) is 20.6. The molecule has 0 bridgehead atoms. The van der Waals surface area contributed by atoms with Gasteiger partial charge in [-0.05, 0) is 42.8 Å². The lowest BCUT2D eigenvalue weighted by Crippen LogP contribution is -2.15. The Morgan fingerprint density at radius 1 is 0.968 bits per heavy atom. The summed E-state index contributed by atoms with van der Waals surface area (Å²) in [6, 6.07) is 21.1. The summed E-state index contributed by atoms with van der Waals surface area (Å²) in [4.78, 5) is 30.0. The van der Waals surface area contributed by atoms with Gasteiger partial charge in [-0.3, -0.25) is 9.59 Å². The topological polar surface area (TPSA) is 64.0 Å². The Morgan fingerprint density at radius 3 is 2.39 bits per heavy atom. The van der Waals surface area contributed by atoms with Gasteiger partial charge in [0.15, 0.2) is 5.78 Å². The fourth-order valence-corrected chi connectivity index (χ4v) is 3.45. The number of anilines is 1. The van der Waals surface area contributed by atoms with Crippen molar-refractivity contribution in [3.05, 3.63) is 118 Å². The van der Waals surface area contributed by atoms with E-state index in [0.717, 1.165) is 11.4 Å².